The number of aryl methyl sites for hydroxylation is 1. The van der Waals surface area contributed by atoms with Crippen LogP contribution in [0.2, 0.25) is 5.02 Å². The molecule has 1 aliphatic heterocycles. The predicted molar refractivity (Wildman–Crippen MR) is 112 cm³/mol. The third-order valence-corrected chi connectivity index (χ3v) is 6.92. The summed E-state index contributed by atoms with van der Waals surface area (Å²) in [4.78, 5) is 12.7. The highest BCUT2D eigenvalue weighted by Gasteiger charge is 2.39. The molecule has 0 aliphatic carbocycles. The Morgan fingerprint density at radius 3 is 2.69 bits per heavy atom. The summed E-state index contributed by atoms with van der Waals surface area (Å²) in [6.45, 7) is 2.21. The highest BCUT2D eigenvalue weighted by Crippen LogP contribution is 2.27. The van der Waals surface area contributed by atoms with Gasteiger partial charge in [-0.1, -0.05) is 23.7 Å². The zero-order valence-corrected chi connectivity index (χ0v) is 17.7. The number of sulfonamides is 1. The van der Waals surface area contributed by atoms with Crippen molar-refractivity contribution in [1.29, 1.82) is 0 Å². The molecule has 0 radical (unpaired) electrons. The van der Waals surface area contributed by atoms with Crippen molar-refractivity contribution < 1.29 is 17.9 Å². The monoisotopic (exact) mass is 435 g/mol. The number of methoxy groups -OCH3 is 1. The zero-order valence-electron chi connectivity index (χ0n) is 16.1. The maximum absolute atomic E-state index is 12.9. The number of nitrogens with zero attached hydrogens (tertiary/aromatic N) is 2. The van der Waals surface area contributed by atoms with Crippen LogP contribution in [0.4, 0.5) is 0 Å². The highest BCUT2D eigenvalue weighted by molar-refractivity contribution is 7.89. The first-order valence-electron chi connectivity index (χ1n) is 9.08. The fourth-order valence-corrected chi connectivity index (χ4v) is 4.98. The van der Waals surface area contributed by atoms with Crippen molar-refractivity contribution in [2.24, 2.45) is 5.10 Å². The van der Waals surface area contributed by atoms with E-state index in [1.165, 1.54) is 34.8 Å². The van der Waals surface area contributed by atoms with Gasteiger partial charge in [-0.3, -0.25) is 4.79 Å². The van der Waals surface area contributed by atoms with Crippen LogP contribution in [-0.4, -0.2) is 44.5 Å². The minimum atomic E-state index is -3.80. The van der Waals surface area contributed by atoms with Gasteiger partial charge in [0, 0.05) is 11.6 Å². The third kappa shape index (κ3) is 4.77. The van der Waals surface area contributed by atoms with Gasteiger partial charge in [0.2, 0.25) is 10.0 Å². The Morgan fingerprint density at radius 2 is 2.00 bits per heavy atom. The lowest BCUT2D eigenvalue weighted by Gasteiger charge is -2.22. The van der Waals surface area contributed by atoms with Gasteiger partial charge in [0.05, 0.1) is 18.2 Å². The minimum absolute atomic E-state index is 0.108. The van der Waals surface area contributed by atoms with Gasteiger partial charge in [0.1, 0.15) is 11.8 Å². The molecule has 0 bridgehead atoms. The van der Waals surface area contributed by atoms with E-state index in [-0.39, 0.29) is 11.4 Å². The molecule has 1 saturated heterocycles. The standard InChI is InChI=1S/C20H22ClN3O4S/c1-14-5-6-15(12-19(14)28-2)13-22-23-20(25)18-4-3-11-24(18)29(26,27)17-9-7-16(21)8-10-17/h5-10,12-13,18H,3-4,11H2,1-2H3,(H,23,25)/b22-13-/t18-/m1/s1. The van der Waals surface area contributed by atoms with Crippen LogP contribution in [0.25, 0.3) is 0 Å². The Hall–Kier alpha value is -2.42. The number of halogens is 1. The molecule has 1 amide bonds. The molecular formula is C20H22ClN3O4S. The highest BCUT2D eigenvalue weighted by atomic mass is 35.5. The van der Waals surface area contributed by atoms with E-state index in [1.807, 2.05) is 19.1 Å². The predicted octanol–water partition coefficient (Wildman–Crippen LogP) is 2.96. The van der Waals surface area contributed by atoms with Crippen molar-refractivity contribution in [3.05, 3.63) is 58.6 Å². The largest absolute Gasteiger partial charge is 0.496 e. The Bertz CT molecular complexity index is 1020. The van der Waals surface area contributed by atoms with E-state index in [9.17, 15) is 13.2 Å². The number of amides is 1. The van der Waals surface area contributed by atoms with Crippen LogP contribution in [0.1, 0.15) is 24.0 Å². The van der Waals surface area contributed by atoms with E-state index in [4.69, 9.17) is 16.3 Å². The van der Waals surface area contributed by atoms with Gasteiger partial charge in [0.25, 0.3) is 5.91 Å². The Morgan fingerprint density at radius 1 is 1.28 bits per heavy atom. The second-order valence-electron chi connectivity index (χ2n) is 6.69. The van der Waals surface area contributed by atoms with Crippen molar-refractivity contribution in [3.63, 3.8) is 0 Å². The van der Waals surface area contributed by atoms with Gasteiger partial charge in [-0.05, 0) is 61.2 Å². The van der Waals surface area contributed by atoms with E-state index in [0.29, 0.717) is 17.9 Å². The number of carbonyl (C=O) groups excluding carboxylic acids is 1. The van der Waals surface area contributed by atoms with Gasteiger partial charge in [-0.2, -0.15) is 9.41 Å². The van der Waals surface area contributed by atoms with Gasteiger partial charge in [0.15, 0.2) is 0 Å². The van der Waals surface area contributed by atoms with Crippen LogP contribution >= 0.6 is 11.6 Å². The summed E-state index contributed by atoms with van der Waals surface area (Å²) in [6, 6.07) is 10.6. The smallest absolute Gasteiger partial charge is 0.258 e. The Balaban J connectivity index is 1.71. The number of ether oxygens (including phenoxy) is 1. The summed E-state index contributed by atoms with van der Waals surface area (Å²) in [6.07, 6.45) is 2.53. The van der Waals surface area contributed by atoms with Gasteiger partial charge in [-0.15, -0.1) is 0 Å². The second-order valence-corrected chi connectivity index (χ2v) is 9.02. The zero-order chi connectivity index (χ0) is 21.0. The summed E-state index contributed by atoms with van der Waals surface area (Å²) in [5.41, 5.74) is 4.19. The van der Waals surface area contributed by atoms with Crippen molar-refractivity contribution >= 4 is 33.7 Å². The molecular weight excluding hydrogens is 414 g/mol. The second kappa shape index (κ2) is 8.94. The molecule has 0 aromatic heterocycles. The number of carbonyl (C=O) groups is 1. The van der Waals surface area contributed by atoms with E-state index in [0.717, 1.165) is 16.9 Å². The third-order valence-electron chi connectivity index (χ3n) is 4.75. The lowest BCUT2D eigenvalue weighted by Crippen LogP contribution is -2.44. The molecule has 1 aliphatic rings. The van der Waals surface area contributed by atoms with E-state index in [1.54, 1.807) is 13.2 Å². The molecule has 1 heterocycles. The number of benzene rings is 2. The molecule has 2 aromatic carbocycles. The molecule has 7 nitrogen and oxygen atoms in total. The SMILES string of the molecule is COc1cc(/C=N\NC(=O)[C@H]2CCCN2S(=O)(=O)c2ccc(Cl)cc2)ccc1C. The molecule has 0 spiro atoms. The fraction of sp³-hybridized carbons (Fsp3) is 0.300. The van der Waals surface area contributed by atoms with E-state index < -0.39 is 22.0 Å². The Kier molecular flexibility index (Phi) is 6.56. The van der Waals surface area contributed by atoms with E-state index in [2.05, 4.69) is 10.5 Å². The number of rotatable bonds is 6. The molecule has 3 rings (SSSR count). The van der Waals surface area contributed by atoms with Gasteiger partial charge >= 0.3 is 0 Å². The number of hydrogen-bond donors (Lipinski definition) is 1. The molecule has 0 saturated carbocycles. The van der Waals surface area contributed by atoms with Crippen LogP contribution in [0, 0.1) is 6.92 Å². The molecule has 1 atom stereocenters. The van der Waals surface area contributed by atoms with Gasteiger partial charge < -0.3 is 4.74 Å². The minimum Gasteiger partial charge on any atom is -0.496 e. The topological polar surface area (TPSA) is 88.1 Å². The van der Waals surface area contributed by atoms with Crippen LogP contribution in [-0.2, 0) is 14.8 Å². The molecule has 9 heteroatoms. The molecule has 0 unspecified atom stereocenters. The summed E-state index contributed by atoms with van der Waals surface area (Å²) < 4.78 is 32.3. The number of nitrogens with one attached hydrogen (secondary N) is 1. The lowest BCUT2D eigenvalue weighted by molar-refractivity contribution is -0.124. The van der Waals surface area contributed by atoms with Crippen molar-refractivity contribution in [2.75, 3.05) is 13.7 Å². The summed E-state index contributed by atoms with van der Waals surface area (Å²) in [7, 11) is -2.21. The van der Waals surface area contributed by atoms with Crippen LogP contribution in [0.15, 0.2) is 52.5 Å². The molecule has 29 heavy (non-hydrogen) atoms. The average molecular weight is 436 g/mol. The normalized spacial score (nSPS) is 17.6. The van der Waals surface area contributed by atoms with Crippen molar-refractivity contribution in [1.82, 2.24) is 9.73 Å². The number of hydrogen-bond acceptors (Lipinski definition) is 5. The van der Waals surface area contributed by atoms with Gasteiger partial charge in [-0.25, -0.2) is 13.8 Å². The first-order chi connectivity index (χ1) is 13.8. The quantitative estimate of drug-likeness (QED) is 0.558. The molecule has 154 valence electrons. The average Bonchev–Trinajstić information content (AvgIpc) is 3.20. The first-order valence-corrected chi connectivity index (χ1v) is 10.9. The molecule has 2 aromatic rings. The van der Waals surface area contributed by atoms with Crippen LogP contribution < -0.4 is 10.2 Å². The fourth-order valence-electron chi connectivity index (χ4n) is 3.19. The van der Waals surface area contributed by atoms with Crippen LogP contribution in [0.3, 0.4) is 0 Å². The maximum Gasteiger partial charge on any atom is 0.258 e. The van der Waals surface area contributed by atoms with E-state index >= 15 is 0 Å². The summed E-state index contributed by atoms with van der Waals surface area (Å²) >= 11 is 5.84. The summed E-state index contributed by atoms with van der Waals surface area (Å²) in [5, 5.41) is 4.42. The van der Waals surface area contributed by atoms with Crippen molar-refractivity contribution in [2.45, 2.75) is 30.7 Å². The lowest BCUT2D eigenvalue weighted by atomic mass is 10.1. The number of hydrazone groups is 1. The first kappa shape index (κ1) is 21.3. The van der Waals surface area contributed by atoms with Crippen molar-refractivity contribution in [3.8, 4) is 5.75 Å². The molecule has 1 N–H and O–H groups in total. The molecule has 1 fully saturated rings. The summed E-state index contributed by atoms with van der Waals surface area (Å²) in [5.74, 6) is 0.256. The Labute approximate surface area is 175 Å². The van der Waals surface area contributed by atoms with Crippen LogP contribution in [0.5, 0.6) is 5.75 Å². The maximum atomic E-state index is 12.9.